The molecule has 0 saturated carbocycles. The first-order chi connectivity index (χ1) is 8.99. The summed E-state index contributed by atoms with van der Waals surface area (Å²) in [6.07, 6.45) is 0. The molecule has 0 radical (unpaired) electrons. The van der Waals surface area contributed by atoms with Crippen molar-refractivity contribution in [3.05, 3.63) is 55.8 Å². The lowest BCUT2D eigenvalue weighted by molar-refractivity contribution is 0.625. The van der Waals surface area contributed by atoms with Gasteiger partial charge >= 0.3 is 0 Å². The van der Waals surface area contributed by atoms with E-state index >= 15 is 0 Å². The lowest BCUT2D eigenvalue weighted by Crippen LogP contribution is -2.11. The van der Waals surface area contributed by atoms with E-state index in [1.54, 1.807) is 12.1 Å². The van der Waals surface area contributed by atoms with E-state index in [0.29, 0.717) is 11.3 Å². The molecule has 0 spiro atoms. The molecule has 0 heterocycles. The molecule has 0 aliphatic rings. The zero-order valence-corrected chi connectivity index (χ0v) is 14.1. The van der Waals surface area contributed by atoms with E-state index in [1.165, 1.54) is 0 Å². The van der Waals surface area contributed by atoms with Crippen LogP contribution in [0.5, 0.6) is 0 Å². The molecule has 2 aromatic rings. The van der Waals surface area contributed by atoms with Gasteiger partial charge < -0.3 is 11.1 Å². The largest absolute Gasteiger partial charge is 0.389 e. The zero-order valence-electron chi connectivity index (χ0n) is 9.58. The summed E-state index contributed by atoms with van der Waals surface area (Å²) in [6, 6.07) is 11.0. The van der Waals surface area contributed by atoms with E-state index in [0.717, 1.165) is 9.26 Å². The predicted molar refractivity (Wildman–Crippen MR) is 92.4 cm³/mol. The number of hydrogen-bond acceptors (Lipinski definition) is 2. The summed E-state index contributed by atoms with van der Waals surface area (Å²) in [4.78, 5) is 0.159. The molecule has 2 nitrogen and oxygen atoms in total. The van der Waals surface area contributed by atoms with Crippen LogP contribution in [0.3, 0.4) is 0 Å². The van der Waals surface area contributed by atoms with Gasteiger partial charge in [-0.05, 0) is 68.9 Å². The summed E-state index contributed by atoms with van der Waals surface area (Å²) >= 11 is 10.2. The van der Waals surface area contributed by atoms with Gasteiger partial charge in [0.15, 0.2) is 5.82 Å². The molecule has 0 fully saturated rings. The van der Waals surface area contributed by atoms with Crippen molar-refractivity contribution in [1.82, 2.24) is 0 Å². The molecule has 0 bridgehead atoms. The average Bonchev–Trinajstić information content (AvgIpc) is 2.35. The highest BCUT2D eigenvalue weighted by atomic mass is 127. The number of rotatable bonds is 3. The third-order valence-electron chi connectivity index (χ3n) is 2.45. The minimum atomic E-state index is -0.413. The van der Waals surface area contributed by atoms with Crippen molar-refractivity contribution in [3.8, 4) is 0 Å². The average molecular weight is 451 g/mol. The van der Waals surface area contributed by atoms with Crippen molar-refractivity contribution in [2.45, 2.75) is 0 Å². The normalized spacial score (nSPS) is 10.3. The number of anilines is 2. The standard InChI is InChI=1S/C13H9BrFIN2S/c14-11-9(13(17)19)4-5-10(12(11)15)18-8-3-1-2-7(16)6-8/h1-6,18H,(H2,17,19). The van der Waals surface area contributed by atoms with Gasteiger partial charge in [-0.3, -0.25) is 0 Å². The lowest BCUT2D eigenvalue weighted by atomic mass is 10.2. The van der Waals surface area contributed by atoms with Gasteiger partial charge in [-0.15, -0.1) is 0 Å². The highest BCUT2D eigenvalue weighted by Crippen LogP contribution is 2.29. The van der Waals surface area contributed by atoms with E-state index in [4.69, 9.17) is 18.0 Å². The summed E-state index contributed by atoms with van der Waals surface area (Å²) in [6.45, 7) is 0. The molecule has 0 aromatic heterocycles. The Morgan fingerprint density at radius 2 is 2.05 bits per heavy atom. The van der Waals surface area contributed by atoms with Gasteiger partial charge in [0.1, 0.15) is 4.99 Å². The number of benzene rings is 2. The Morgan fingerprint density at radius 3 is 2.68 bits per heavy atom. The molecule has 6 heteroatoms. The Bertz CT molecular complexity index is 649. The van der Waals surface area contributed by atoms with Crippen LogP contribution in [0.4, 0.5) is 15.8 Å². The zero-order chi connectivity index (χ0) is 14.0. The highest BCUT2D eigenvalue weighted by molar-refractivity contribution is 14.1. The second-order valence-corrected chi connectivity index (χ2v) is 6.27. The van der Waals surface area contributed by atoms with Gasteiger partial charge in [0.25, 0.3) is 0 Å². The van der Waals surface area contributed by atoms with Gasteiger partial charge in [-0.2, -0.15) is 0 Å². The Morgan fingerprint density at radius 1 is 1.32 bits per heavy atom. The second kappa shape index (κ2) is 6.15. The topological polar surface area (TPSA) is 38.0 Å². The molecule has 0 aliphatic heterocycles. The van der Waals surface area contributed by atoms with Gasteiger partial charge in [0, 0.05) is 14.8 Å². The molecule has 2 aromatic carbocycles. The summed E-state index contributed by atoms with van der Waals surface area (Å²) < 4.78 is 15.5. The first-order valence-electron chi connectivity index (χ1n) is 5.29. The van der Waals surface area contributed by atoms with Crippen LogP contribution in [0.2, 0.25) is 0 Å². The number of halogens is 3. The summed E-state index contributed by atoms with van der Waals surface area (Å²) in [5, 5.41) is 3.03. The van der Waals surface area contributed by atoms with Crippen LogP contribution < -0.4 is 11.1 Å². The molecule has 0 amide bonds. The van der Waals surface area contributed by atoms with Crippen molar-refractivity contribution < 1.29 is 4.39 Å². The molecule has 2 rings (SSSR count). The molecule has 3 N–H and O–H groups in total. The fraction of sp³-hybridized carbons (Fsp3) is 0. The molecule has 0 atom stereocenters. The number of hydrogen-bond donors (Lipinski definition) is 2. The van der Waals surface area contributed by atoms with Crippen molar-refractivity contribution in [1.29, 1.82) is 0 Å². The highest BCUT2D eigenvalue weighted by Gasteiger charge is 2.13. The van der Waals surface area contributed by atoms with Crippen molar-refractivity contribution in [2.24, 2.45) is 5.73 Å². The van der Waals surface area contributed by atoms with E-state index in [9.17, 15) is 4.39 Å². The molecule has 0 aliphatic carbocycles. The maximum Gasteiger partial charge on any atom is 0.161 e. The third-order valence-corrected chi connectivity index (χ3v) is 4.12. The molecular weight excluding hydrogens is 442 g/mol. The quantitative estimate of drug-likeness (QED) is 0.531. The minimum absolute atomic E-state index is 0.159. The van der Waals surface area contributed by atoms with Crippen molar-refractivity contribution in [2.75, 3.05) is 5.32 Å². The minimum Gasteiger partial charge on any atom is -0.389 e. The van der Waals surface area contributed by atoms with Crippen LogP contribution in [-0.2, 0) is 0 Å². The van der Waals surface area contributed by atoms with Gasteiger partial charge in [0.2, 0.25) is 0 Å². The van der Waals surface area contributed by atoms with Crippen molar-refractivity contribution >= 4 is 67.1 Å². The molecular formula is C13H9BrFIN2S. The molecule has 0 saturated heterocycles. The van der Waals surface area contributed by atoms with E-state index in [-0.39, 0.29) is 9.46 Å². The summed E-state index contributed by atoms with van der Waals surface area (Å²) in [5.41, 5.74) is 7.20. The van der Waals surface area contributed by atoms with Crippen molar-refractivity contribution in [3.63, 3.8) is 0 Å². The van der Waals surface area contributed by atoms with Gasteiger partial charge in [0.05, 0.1) is 10.2 Å². The molecule has 98 valence electrons. The maximum absolute atomic E-state index is 14.2. The van der Waals surface area contributed by atoms with Crippen LogP contribution in [0.25, 0.3) is 0 Å². The summed E-state index contributed by atoms with van der Waals surface area (Å²) in [7, 11) is 0. The maximum atomic E-state index is 14.2. The van der Waals surface area contributed by atoms with Crippen LogP contribution in [0, 0.1) is 9.39 Å². The van der Waals surface area contributed by atoms with Gasteiger partial charge in [-0.25, -0.2) is 4.39 Å². The van der Waals surface area contributed by atoms with Crippen LogP contribution >= 0.6 is 50.7 Å². The van der Waals surface area contributed by atoms with Crippen LogP contribution in [0.1, 0.15) is 5.56 Å². The Labute approximate surface area is 137 Å². The monoisotopic (exact) mass is 450 g/mol. The Balaban J connectivity index is 2.37. The van der Waals surface area contributed by atoms with Crippen LogP contribution in [-0.4, -0.2) is 4.99 Å². The van der Waals surface area contributed by atoms with E-state index in [1.807, 2.05) is 24.3 Å². The Hall–Kier alpha value is -0.730. The number of nitrogens with one attached hydrogen (secondary N) is 1. The third kappa shape index (κ3) is 3.43. The molecule has 0 unspecified atom stereocenters. The summed E-state index contributed by atoms with van der Waals surface area (Å²) in [5.74, 6) is -0.413. The second-order valence-electron chi connectivity index (χ2n) is 3.79. The Kier molecular flexibility index (Phi) is 4.75. The fourth-order valence-electron chi connectivity index (χ4n) is 1.56. The first kappa shape index (κ1) is 14.7. The van der Waals surface area contributed by atoms with E-state index < -0.39 is 5.82 Å². The SMILES string of the molecule is NC(=S)c1ccc(Nc2cccc(I)c2)c(F)c1Br. The van der Waals surface area contributed by atoms with Gasteiger partial charge in [-0.1, -0.05) is 18.3 Å². The fourth-order valence-corrected chi connectivity index (χ4v) is 2.96. The number of thiocarbonyl (C=S) groups is 1. The predicted octanol–water partition coefficient (Wildman–Crippen LogP) is 4.57. The smallest absolute Gasteiger partial charge is 0.161 e. The first-order valence-corrected chi connectivity index (χ1v) is 7.57. The number of nitrogens with two attached hydrogens (primary N) is 1. The van der Waals surface area contributed by atoms with Crippen LogP contribution in [0.15, 0.2) is 40.9 Å². The lowest BCUT2D eigenvalue weighted by Gasteiger charge is -2.11. The van der Waals surface area contributed by atoms with E-state index in [2.05, 4.69) is 43.8 Å². The molecule has 19 heavy (non-hydrogen) atoms.